The van der Waals surface area contributed by atoms with Crippen LogP contribution in [0.5, 0.6) is 0 Å². The molecule has 0 unspecified atom stereocenters. The lowest BCUT2D eigenvalue weighted by atomic mass is 10.1. The number of halogens is 1. The Bertz CT molecular complexity index is 724. The maximum atomic E-state index is 13.8. The van der Waals surface area contributed by atoms with E-state index in [-0.39, 0.29) is 17.9 Å². The van der Waals surface area contributed by atoms with Gasteiger partial charge in [0, 0.05) is 19.8 Å². The maximum Gasteiger partial charge on any atom is 0.257 e. The van der Waals surface area contributed by atoms with Gasteiger partial charge in [0.1, 0.15) is 0 Å². The molecular weight excluding hydrogens is 271 g/mol. The van der Waals surface area contributed by atoms with Crippen molar-refractivity contribution in [3.05, 3.63) is 59.0 Å². The molecule has 0 atom stereocenters. The van der Waals surface area contributed by atoms with Gasteiger partial charge in [0.15, 0.2) is 11.6 Å². The molecule has 5 nitrogen and oxygen atoms in total. The second kappa shape index (κ2) is 6.01. The van der Waals surface area contributed by atoms with Crippen LogP contribution in [0.4, 0.5) is 10.2 Å². The predicted molar refractivity (Wildman–Crippen MR) is 75.6 cm³/mol. The number of rotatable bonds is 3. The highest BCUT2D eigenvalue weighted by atomic mass is 19.1. The highest BCUT2D eigenvalue weighted by Gasteiger charge is 2.18. The van der Waals surface area contributed by atoms with Crippen molar-refractivity contribution >= 4 is 11.7 Å². The number of nitriles is 1. The minimum atomic E-state index is -0.819. The Morgan fingerprint density at radius 1 is 1.48 bits per heavy atom. The van der Waals surface area contributed by atoms with Crippen LogP contribution in [0.3, 0.4) is 0 Å². The number of carbonyl (C=O) groups excluding carboxylic acids is 1. The van der Waals surface area contributed by atoms with Crippen molar-refractivity contribution in [2.24, 2.45) is 0 Å². The number of amides is 1. The molecule has 0 fully saturated rings. The number of benzene rings is 1. The Hall–Kier alpha value is -2.94. The minimum Gasteiger partial charge on any atom is -0.381 e. The summed E-state index contributed by atoms with van der Waals surface area (Å²) < 4.78 is 13.8. The lowest BCUT2D eigenvalue weighted by molar-refractivity contribution is 0.0780. The molecule has 0 bridgehead atoms. The zero-order chi connectivity index (χ0) is 15.4. The van der Waals surface area contributed by atoms with Gasteiger partial charge in [-0.2, -0.15) is 5.26 Å². The number of pyridine rings is 1. The average Bonchev–Trinajstić information content (AvgIpc) is 2.49. The molecule has 6 heteroatoms. The van der Waals surface area contributed by atoms with E-state index in [4.69, 9.17) is 11.0 Å². The fraction of sp³-hybridized carbons (Fsp3) is 0.133. The van der Waals surface area contributed by atoms with E-state index < -0.39 is 11.7 Å². The van der Waals surface area contributed by atoms with Crippen LogP contribution < -0.4 is 5.73 Å². The molecule has 2 N–H and O–H groups in total. The molecular formula is C15H13FN4O. The predicted octanol–water partition coefficient (Wildman–Crippen LogP) is 1.95. The van der Waals surface area contributed by atoms with Crippen LogP contribution in [0.1, 0.15) is 21.5 Å². The van der Waals surface area contributed by atoms with Crippen LogP contribution >= 0.6 is 0 Å². The van der Waals surface area contributed by atoms with Gasteiger partial charge in [-0.1, -0.05) is 12.1 Å². The third-order valence-corrected chi connectivity index (χ3v) is 2.97. The summed E-state index contributed by atoms with van der Waals surface area (Å²) in [5, 5.41) is 8.85. The van der Waals surface area contributed by atoms with Crippen LogP contribution in [-0.2, 0) is 6.54 Å². The molecule has 1 amide bonds. The van der Waals surface area contributed by atoms with Gasteiger partial charge in [-0.05, 0) is 23.8 Å². The number of nitrogens with zero attached hydrogens (tertiary/aromatic N) is 3. The van der Waals surface area contributed by atoms with Crippen molar-refractivity contribution in [1.29, 1.82) is 5.26 Å². The molecule has 1 aromatic heterocycles. The molecule has 0 radical (unpaired) electrons. The zero-order valence-electron chi connectivity index (χ0n) is 11.4. The van der Waals surface area contributed by atoms with Gasteiger partial charge in [0.2, 0.25) is 0 Å². The van der Waals surface area contributed by atoms with Crippen LogP contribution in [0.15, 0.2) is 36.5 Å². The summed E-state index contributed by atoms with van der Waals surface area (Å²) in [6.07, 6.45) is 1.29. The number of anilines is 1. The Kier molecular flexibility index (Phi) is 4.14. The topological polar surface area (TPSA) is 83.0 Å². The lowest BCUT2D eigenvalue weighted by Crippen LogP contribution is -2.27. The van der Waals surface area contributed by atoms with Gasteiger partial charge in [-0.15, -0.1) is 0 Å². The van der Waals surface area contributed by atoms with E-state index in [0.29, 0.717) is 5.56 Å². The van der Waals surface area contributed by atoms with E-state index in [1.54, 1.807) is 31.3 Å². The van der Waals surface area contributed by atoms with Gasteiger partial charge in [-0.3, -0.25) is 4.79 Å². The zero-order valence-corrected chi connectivity index (χ0v) is 11.4. The van der Waals surface area contributed by atoms with E-state index in [1.165, 1.54) is 17.2 Å². The summed E-state index contributed by atoms with van der Waals surface area (Å²) in [5.41, 5.74) is 6.52. The minimum absolute atomic E-state index is 0.124. The smallest absolute Gasteiger partial charge is 0.257 e. The first kappa shape index (κ1) is 14.5. The van der Waals surface area contributed by atoms with Crippen molar-refractivity contribution in [1.82, 2.24) is 9.88 Å². The van der Waals surface area contributed by atoms with Crippen molar-refractivity contribution < 1.29 is 9.18 Å². The molecule has 2 aromatic rings. The number of nitrogen functional groups attached to an aromatic ring is 1. The van der Waals surface area contributed by atoms with E-state index in [2.05, 4.69) is 4.98 Å². The standard InChI is InChI=1S/C15H13FN4O/c1-20(9-11-4-2-3-10(7-11)8-17)15(21)12-5-6-19-14(18)13(12)16/h2-7H,9H2,1H3,(H2,18,19). The van der Waals surface area contributed by atoms with Crippen LogP contribution in [0.2, 0.25) is 0 Å². The fourth-order valence-corrected chi connectivity index (χ4v) is 1.92. The molecule has 0 aliphatic heterocycles. The van der Waals surface area contributed by atoms with E-state index in [0.717, 1.165) is 5.56 Å². The van der Waals surface area contributed by atoms with Gasteiger partial charge >= 0.3 is 0 Å². The first-order valence-corrected chi connectivity index (χ1v) is 6.17. The third kappa shape index (κ3) is 3.15. The Balaban J connectivity index is 2.20. The Labute approximate surface area is 121 Å². The second-order valence-electron chi connectivity index (χ2n) is 4.53. The first-order valence-electron chi connectivity index (χ1n) is 6.17. The number of nitrogens with two attached hydrogens (primary N) is 1. The third-order valence-electron chi connectivity index (χ3n) is 2.97. The van der Waals surface area contributed by atoms with Gasteiger partial charge < -0.3 is 10.6 Å². The number of hydrogen-bond acceptors (Lipinski definition) is 4. The summed E-state index contributed by atoms with van der Waals surface area (Å²) in [7, 11) is 1.55. The van der Waals surface area contributed by atoms with E-state index >= 15 is 0 Å². The van der Waals surface area contributed by atoms with E-state index in [9.17, 15) is 9.18 Å². The molecule has 0 saturated carbocycles. The molecule has 2 rings (SSSR count). The number of carbonyl (C=O) groups is 1. The van der Waals surface area contributed by atoms with Crippen molar-refractivity contribution in [2.45, 2.75) is 6.54 Å². The first-order chi connectivity index (χ1) is 10.0. The van der Waals surface area contributed by atoms with Crippen molar-refractivity contribution in [3.63, 3.8) is 0 Å². The Morgan fingerprint density at radius 2 is 2.24 bits per heavy atom. The normalized spacial score (nSPS) is 9.95. The molecule has 0 saturated heterocycles. The molecule has 1 aromatic carbocycles. The lowest BCUT2D eigenvalue weighted by Gasteiger charge is -2.18. The molecule has 1 heterocycles. The second-order valence-corrected chi connectivity index (χ2v) is 4.53. The highest BCUT2D eigenvalue weighted by Crippen LogP contribution is 2.15. The largest absolute Gasteiger partial charge is 0.381 e. The van der Waals surface area contributed by atoms with Crippen LogP contribution in [0, 0.1) is 17.1 Å². The summed E-state index contributed by atoms with van der Waals surface area (Å²) in [5.74, 6) is -1.62. The van der Waals surface area contributed by atoms with Gasteiger partial charge in [0.25, 0.3) is 5.91 Å². The fourth-order valence-electron chi connectivity index (χ4n) is 1.92. The summed E-state index contributed by atoms with van der Waals surface area (Å²) >= 11 is 0. The van der Waals surface area contributed by atoms with Crippen LogP contribution in [-0.4, -0.2) is 22.8 Å². The highest BCUT2D eigenvalue weighted by molar-refractivity contribution is 5.94. The molecule has 21 heavy (non-hydrogen) atoms. The molecule has 0 spiro atoms. The SMILES string of the molecule is CN(Cc1cccc(C#N)c1)C(=O)c1ccnc(N)c1F. The van der Waals surface area contributed by atoms with E-state index in [1.807, 2.05) is 6.07 Å². The molecule has 106 valence electrons. The monoisotopic (exact) mass is 284 g/mol. The van der Waals surface area contributed by atoms with Gasteiger partial charge in [0.05, 0.1) is 17.2 Å². The Morgan fingerprint density at radius 3 is 2.95 bits per heavy atom. The average molecular weight is 284 g/mol. The van der Waals surface area contributed by atoms with Crippen LogP contribution in [0.25, 0.3) is 0 Å². The summed E-state index contributed by atoms with van der Waals surface area (Å²) in [6, 6.07) is 10.2. The maximum absolute atomic E-state index is 13.8. The number of hydrogen-bond donors (Lipinski definition) is 1. The summed E-state index contributed by atoms with van der Waals surface area (Å²) in [4.78, 5) is 17.2. The van der Waals surface area contributed by atoms with Gasteiger partial charge in [-0.25, -0.2) is 9.37 Å². The quantitative estimate of drug-likeness (QED) is 0.933. The molecule has 0 aliphatic carbocycles. The molecule has 0 aliphatic rings. The number of aromatic nitrogens is 1. The summed E-state index contributed by atoms with van der Waals surface area (Å²) in [6.45, 7) is 0.260. The van der Waals surface area contributed by atoms with Crippen molar-refractivity contribution in [3.8, 4) is 6.07 Å². The van der Waals surface area contributed by atoms with Crippen molar-refractivity contribution in [2.75, 3.05) is 12.8 Å².